The van der Waals surface area contributed by atoms with Gasteiger partial charge in [-0.15, -0.1) is 0 Å². The summed E-state index contributed by atoms with van der Waals surface area (Å²) in [6.45, 7) is 1.95. The number of amides is 1. The van der Waals surface area contributed by atoms with Gasteiger partial charge in [0.1, 0.15) is 6.54 Å². The van der Waals surface area contributed by atoms with E-state index in [2.05, 4.69) is 0 Å². The first-order valence-electron chi connectivity index (χ1n) is 9.59. The SMILES string of the molecule is Cc1ccc(S(=O)(=O)c2cn(CC(=O)N(C)c3ccccc3)c3ccccc23)cc1. The molecular weight excluding hydrogens is 396 g/mol. The monoisotopic (exact) mass is 418 g/mol. The van der Waals surface area contributed by atoms with Gasteiger partial charge in [0.05, 0.1) is 9.79 Å². The fourth-order valence-electron chi connectivity index (χ4n) is 3.45. The Morgan fingerprint density at radius 2 is 1.53 bits per heavy atom. The number of para-hydroxylation sites is 2. The number of aromatic nitrogens is 1. The molecule has 0 unspecified atom stereocenters. The molecule has 0 N–H and O–H groups in total. The second-order valence-electron chi connectivity index (χ2n) is 7.24. The van der Waals surface area contributed by atoms with Gasteiger partial charge in [-0.1, -0.05) is 54.1 Å². The number of likely N-dealkylation sites (N-methyl/N-ethyl adjacent to an activating group) is 1. The zero-order chi connectivity index (χ0) is 21.3. The van der Waals surface area contributed by atoms with Crippen molar-refractivity contribution < 1.29 is 13.2 Å². The Balaban J connectivity index is 1.74. The number of anilines is 1. The number of hydrogen-bond acceptors (Lipinski definition) is 3. The van der Waals surface area contributed by atoms with Crippen LogP contribution in [0.15, 0.2) is 94.9 Å². The number of rotatable bonds is 5. The average Bonchev–Trinajstić information content (AvgIpc) is 3.13. The van der Waals surface area contributed by atoms with Gasteiger partial charge in [0.2, 0.25) is 15.7 Å². The highest BCUT2D eigenvalue weighted by atomic mass is 32.2. The highest BCUT2D eigenvalue weighted by Gasteiger charge is 2.24. The molecule has 0 bridgehead atoms. The highest BCUT2D eigenvalue weighted by molar-refractivity contribution is 7.91. The Morgan fingerprint density at radius 3 is 2.23 bits per heavy atom. The number of aryl methyl sites for hydroxylation is 1. The minimum absolute atomic E-state index is 0.0370. The molecule has 0 spiro atoms. The van der Waals surface area contributed by atoms with E-state index in [9.17, 15) is 13.2 Å². The second-order valence-corrected chi connectivity index (χ2v) is 9.16. The maximum Gasteiger partial charge on any atom is 0.246 e. The number of hydrogen-bond donors (Lipinski definition) is 0. The molecule has 0 aliphatic heterocycles. The molecule has 5 nitrogen and oxygen atoms in total. The van der Waals surface area contributed by atoms with E-state index >= 15 is 0 Å². The largest absolute Gasteiger partial charge is 0.337 e. The lowest BCUT2D eigenvalue weighted by Crippen LogP contribution is -2.29. The van der Waals surface area contributed by atoms with Gasteiger partial charge in [-0.25, -0.2) is 8.42 Å². The van der Waals surface area contributed by atoms with Crippen LogP contribution in [-0.4, -0.2) is 25.9 Å². The van der Waals surface area contributed by atoms with Gasteiger partial charge in [-0.2, -0.15) is 0 Å². The molecule has 4 aromatic rings. The first-order valence-corrected chi connectivity index (χ1v) is 11.1. The van der Waals surface area contributed by atoms with E-state index in [0.29, 0.717) is 10.9 Å². The molecule has 4 rings (SSSR count). The average molecular weight is 419 g/mol. The predicted molar refractivity (Wildman–Crippen MR) is 118 cm³/mol. The summed E-state index contributed by atoms with van der Waals surface area (Å²) in [5.74, 6) is -0.138. The molecule has 0 aliphatic carbocycles. The maximum atomic E-state index is 13.3. The van der Waals surface area contributed by atoms with Gasteiger partial charge in [0.25, 0.3) is 0 Å². The van der Waals surface area contributed by atoms with Crippen LogP contribution < -0.4 is 4.90 Å². The second kappa shape index (κ2) is 7.80. The number of nitrogens with zero attached hydrogens (tertiary/aromatic N) is 2. The predicted octanol–water partition coefficient (Wildman–Crippen LogP) is 4.45. The molecule has 6 heteroatoms. The Labute approximate surface area is 176 Å². The van der Waals surface area contributed by atoms with Crippen molar-refractivity contribution >= 4 is 32.3 Å². The van der Waals surface area contributed by atoms with Gasteiger partial charge >= 0.3 is 0 Å². The lowest BCUT2D eigenvalue weighted by molar-refractivity contribution is -0.118. The molecule has 0 radical (unpaired) electrons. The van der Waals surface area contributed by atoms with E-state index in [1.54, 1.807) is 59.1 Å². The summed E-state index contributed by atoms with van der Waals surface area (Å²) >= 11 is 0. The number of carbonyl (C=O) groups excluding carboxylic acids is 1. The van der Waals surface area contributed by atoms with Crippen LogP contribution in [0.4, 0.5) is 5.69 Å². The first-order chi connectivity index (χ1) is 14.4. The van der Waals surface area contributed by atoms with Crippen molar-refractivity contribution in [1.29, 1.82) is 0 Å². The van der Waals surface area contributed by atoms with Gasteiger partial charge in [0.15, 0.2) is 0 Å². The molecule has 0 saturated carbocycles. The summed E-state index contributed by atoms with van der Waals surface area (Å²) in [5, 5.41) is 0.605. The Morgan fingerprint density at radius 1 is 0.900 bits per heavy atom. The van der Waals surface area contributed by atoms with E-state index in [1.165, 1.54) is 0 Å². The third-order valence-corrected chi connectivity index (χ3v) is 6.99. The summed E-state index contributed by atoms with van der Waals surface area (Å²) in [6, 6.07) is 23.4. The third-order valence-electron chi connectivity index (χ3n) is 5.20. The number of fused-ring (bicyclic) bond motifs is 1. The van der Waals surface area contributed by atoms with Crippen LogP contribution in [0.3, 0.4) is 0 Å². The summed E-state index contributed by atoms with van der Waals surface area (Å²) in [7, 11) is -2.00. The van der Waals surface area contributed by atoms with Crippen molar-refractivity contribution in [3.63, 3.8) is 0 Å². The van der Waals surface area contributed by atoms with Crippen LogP contribution in [0.1, 0.15) is 5.56 Å². The Kier molecular flexibility index (Phi) is 5.18. The summed E-state index contributed by atoms with van der Waals surface area (Å²) in [6.07, 6.45) is 1.57. The zero-order valence-electron chi connectivity index (χ0n) is 16.8. The molecule has 0 aliphatic rings. The summed E-state index contributed by atoms with van der Waals surface area (Å²) in [4.78, 5) is 14.9. The van der Waals surface area contributed by atoms with Gasteiger partial charge in [-0.05, 0) is 37.3 Å². The van der Waals surface area contributed by atoms with Crippen molar-refractivity contribution in [2.24, 2.45) is 0 Å². The Bertz CT molecular complexity index is 1310. The van der Waals surface area contributed by atoms with Crippen molar-refractivity contribution in [3.8, 4) is 0 Å². The molecule has 0 saturated heterocycles. The molecule has 1 aromatic heterocycles. The van der Waals surface area contributed by atoms with Crippen LogP contribution >= 0.6 is 0 Å². The molecule has 0 atom stereocenters. The van der Waals surface area contributed by atoms with Crippen molar-refractivity contribution in [2.45, 2.75) is 23.3 Å². The third kappa shape index (κ3) is 3.62. The normalized spacial score (nSPS) is 11.5. The quantitative estimate of drug-likeness (QED) is 0.481. The molecule has 30 heavy (non-hydrogen) atoms. The van der Waals surface area contributed by atoms with Crippen molar-refractivity contribution in [3.05, 3.63) is 90.6 Å². The Hall–Kier alpha value is -3.38. The molecule has 1 heterocycles. The van der Waals surface area contributed by atoms with Gasteiger partial charge in [-0.3, -0.25) is 4.79 Å². The van der Waals surface area contributed by atoms with E-state index in [0.717, 1.165) is 11.3 Å². The maximum absolute atomic E-state index is 13.3. The van der Waals surface area contributed by atoms with Crippen LogP contribution in [0.25, 0.3) is 10.9 Å². The van der Waals surface area contributed by atoms with Crippen LogP contribution in [-0.2, 0) is 21.2 Å². The zero-order valence-corrected chi connectivity index (χ0v) is 17.6. The topological polar surface area (TPSA) is 59.4 Å². The van der Waals surface area contributed by atoms with E-state index in [4.69, 9.17) is 0 Å². The van der Waals surface area contributed by atoms with Crippen molar-refractivity contribution in [1.82, 2.24) is 4.57 Å². The molecular formula is C24H22N2O3S. The minimum atomic E-state index is -3.72. The summed E-state index contributed by atoms with van der Waals surface area (Å²) < 4.78 is 28.3. The van der Waals surface area contributed by atoms with Gasteiger partial charge in [0, 0.05) is 29.8 Å². The molecule has 152 valence electrons. The van der Waals surface area contributed by atoms with E-state index in [-0.39, 0.29) is 22.2 Å². The van der Waals surface area contributed by atoms with Crippen molar-refractivity contribution in [2.75, 3.05) is 11.9 Å². The van der Waals surface area contributed by atoms with Gasteiger partial charge < -0.3 is 9.47 Å². The lowest BCUT2D eigenvalue weighted by atomic mass is 10.2. The smallest absolute Gasteiger partial charge is 0.246 e. The lowest BCUT2D eigenvalue weighted by Gasteiger charge is -2.18. The first kappa shape index (κ1) is 19.9. The number of sulfone groups is 1. The molecule has 0 fully saturated rings. The minimum Gasteiger partial charge on any atom is -0.337 e. The van der Waals surface area contributed by atoms with Crippen LogP contribution in [0, 0.1) is 6.92 Å². The fraction of sp³-hybridized carbons (Fsp3) is 0.125. The standard InChI is InChI=1S/C24H22N2O3S/c1-18-12-14-20(15-13-18)30(28,29)23-16-26(22-11-7-6-10-21(22)23)17-24(27)25(2)19-8-4-3-5-9-19/h3-16H,17H2,1-2H3. The van der Waals surface area contributed by atoms with E-state index < -0.39 is 9.84 Å². The molecule has 3 aromatic carbocycles. The molecule has 1 amide bonds. The van der Waals surface area contributed by atoms with Crippen LogP contribution in [0.2, 0.25) is 0 Å². The number of carbonyl (C=O) groups is 1. The summed E-state index contributed by atoms with van der Waals surface area (Å²) in [5.41, 5.74) is 2.48. The highest BCUT2D eigenvalue weighted by Crippen LogP contribution is 2.30. The van der Waals surface area contributed by atoms with Crippen LogP contribution in [0.5, 0.6) is 0 Å². The number of benzene rings is 3. The van der Waals surface area contributed by atoms with E-state index in [1.807, 2.05) is 49.4 Å². The fourth-order valence-corrected chi connectivity index (χ4v) is 4.93.